The highest BCUT2D eigenvalue weighted by atomic mass is 35.5. The summed E-state index contributed by atoms with van der Waals surface area (Å²) in [6.07, 6.45) is 5.70. The van der Waals surface area contributed by atoms with E-state index in [0.29, 0.717) is 62.6 Å². The van der Waals surface area contributed by atoms with Gasteiger partial charge in [0.1, 0.15) is 22.9 Å². The Morgan fingerprint density at radius 1 is 1.20 bits per heavy atom. The number of fused-ring (bicyclic) bond motifs is 1. The summed E-state index contributed by atoms with van der Waals surface area (Å²) in [4.78, 5) is 55.7. The van der Waals surface area contributed by atoms with Crippen LogP contribution in [0.1, 0.15) is 55.6 Å². The number of carbonyl (C=O) groups is 3. The Labute approximate surface area is 270 Å². The second kappa shape index (κ2) is 13.6. The van der Waals surface area contributed by atoms with Gasteiger partial charge in [-0.15, -0.1) is 11.3 Å². The number of urea groups is 1. The van der Waals surface area contributed by atoms with E-state index in [1.807, 2.05) is 15.2 Å². The van der Waals surface area contributed by atoms with E-state index in [4.69, 9.17) is 26.1 Å². The number of ether oxygens (including phenoxy) is 2. The normalized spacial score (nSPS) is 24.2. The van der Waals surface area contributed by atoms with E-state index in [1.54, 1.807) is 30.2 Å². The van der Waals surface area contributed by atoms with Gasteiger partial charge < -0.3 is 19.3 Å². The number of thiazole rings is 1. The van der Waals surface area contributed by atoms with Crippen LogP contribution in [0, 0.1) is 11.7 Å². The van der Waals surface area contributed by atoms with Crippen molar-refractivity contribution in [3.8, 4) is 0 Å². The zero-order chi connectivity index (χ0) is 31.7. The highest BCUT2D eigenvalue weighted by Gasteiger charge is 2.50. The van der Waals surface area contributed by atoms with Crippen molar-refractivity contribution in [2.75, 3.05) is 46.4 Å². The Hall–Kier alpha value is -3.35. The van der Waals surface area contributed by atoms with Crippen LogP contribution >= 0.6 is 22.9 Å². The number of benzene rings is 1. The highest BCUT2D eigenvalue weighted by Crippen LogP contribution is 2.40. The molecule has 2 aromatic rings. The summed E-state index contributed by atoms with van der Waals surface area (Å²) < 4.78 is 25.7. The van der Waals surface area contributed by atoms with E-state index in [9.17, 15) is 18.8 Å². The van der Waals surface area contributed by atoms with Crippen LogP contribution in [-0.2, 0) is 19.1 Å². The van der Waals surface area contributed by atoms with E-state index in [-0.39, 0.29) is 35.8 Å². The number of piperazine rings is 1. The molecule has 4 aliphatic rings. The fourth-order valence-electron chi connectivity index (χ4n) is 6.69. The average molecular weight is 658 g/mol. The molecule has 1 aromatic heterocycles. The zero-order valence-electron chi connectivity index (χ0n) is 25.4. The van der Waals surface area contributed by atoms with Crippen LogP contribution in [0.15, 0.2) is 45.9 Å². The second-order valence-corrected chi connectivity index (χ2v) is 13.2. The Balaban J connectivity index is 1.42. The molecule has 0 spiro atoms. The van der Waals surface area contributed by atoms with Crippen molar-refractivity contribution in [2.24, 2.45) is 10.9 Å². The topological polar surface area (TPSA) is 105 Å². The number of esters is 2. The third-order valence-corrected chi connectivity index (χ3v) is 10.2. The maximum absolute atomic E-state index is 14.9. The summed E-state index contributed by atoms with van der Waals surface area (Å²) in [5.74, 6) is -1.09. The second-order valence-electron chi connectivity index (χ2n) is 11.9. The van der Waals surface area contributed by atoms with Crippen molar-refractivity contribution in [1.82, 2.24) is 19.7 Å². The van der Waals surface area contributed by atoms with Crippen molar-refractivity contribution in [3.63, 3.8) is 0 Å². The Morgan fingerprint density at radius 2 is 2.02 bits per heavy atom. The fourth-order valence-corrected chi connectivity index (χ4v) is 7.58. The highest BCUT2D eigenvalue weighted by molar-refractivity contribution is 7.11. The minimum atomic E-state index is -0.957. The molecule has 240 valence electrons. The van der Waals surface area contributed by atoms with E-state index >= 15 is 0 Å². The lowest BCUT2D eigenvalue weighted by Gasteiger charge is -2.42. The molecule has 3 fully saturated rings. The van der Waals surface area contributed by atoms with Crippen molar-refractivity contribution in [3.05, 3.63) is 62.3 Å². The molecule has 2 amide bonds. The number of hydrogen-bond acceptors (Lipinski definition) is 9. The van der Waals surface area contributed by atoms with E-state index < -0.39 is 29.8 Å². The summed E-state index contributed by atoms with van der Waals surface area (Å²) in [6, 6.07) is 2.40. The number of methoxy groups -OCH3 is 1. The molecule has 10 nitrogen and oxygen atoms in total. The van der Waals surface area contributed by atoms with Gasteiger partial charge in [0.15, 0.2) is 0 Å². The van der Waals surface area contributed by atoms with E-state index in [0.717, 1.165) is 23.4 Å². The molecule has 0 radical (unpaired) electrons. The largest absolute Gasteiger partial charge is 0.468 e. The molecular weight excluding hydrogens is 621 g/mol. The number of halogens is 2. The van der Waals surface area contributed by atoms with Crippen LogP contribution in [0.25, 0.3) is 0 Å². The maximum Gasteiger partial charge on any atom is 0.336 e. The number of amides is 2. The molecule has 0 N–H and O–H groups in total. The molecule has 13 heteroatoms. The first-order valence-corrected chi connectivity index (χ1v) is 16.7. The van der Waals surface area contributed by atoms with Gasteiger partial charge in [-0.1, -0.05) is 23.7 Å². The Bertz CT molecular complexity index is 1510. The Morgan fingerprint density at radius 3 is 2.73 bits per heavy atom. The predicted octanol–water partition coefficient (Wildman–Crippen LogP) is 4.88. The number of nitrogens with zero attached hydrogens (tertiary/aromatic N) is 5. The van der Waals surface area contributed by atoms with Gasteiger partial charge in [-0.25, -0.2) is 19.0 Å². The molecule has 1 saturated carbocycles. The van der Waals surface area contributed by atoms with Gasteiger partial charge in [0, 0.05) is 49.9 Å². The first-order valence-electron chi connectivity index (χ1n) is 15.5. The van der Waals surface area contributed by atoms with Crippen LogP contribution < -0.4 is 0 Å². The molecule has 3 aliphatic heterocycles. The van der Waals surface area contributed by atoms with Crippen LogP contribution in [0.3, 0.4) is 0 Å². The van der Waals surface area contributed by atoms with Crippen LogP contribution in [-0.4, -0.2) is 102 Å². The van der Waals surface area contributed by atoms with Gasteiger partial charge in [-0.05, 0) is 56.6 Å². The van der Waals surface area contributed by atoms with Gasteiger partial charge in [-0.2, -0.15) is 0 Å². The van der Waals surface area contributed by atoms with E-state index in [1.165, 1.54) is 24.5 Å². The van der Waals surface area contributed by atoms with Crippen LogP contribution in [0.2, 0.25) is 5.02 Å². The molecule has 3 unspecified atom stereocenters. The number of carbonyl (C=O) groups excluding carboxylic acids is 3. The molecule has 45 heavy (non-hydrogen) atoms. The lowest BCUT2D eigenvalue weighted by molar-refractivity contribution is -0.150. The SMILES string of the molecule is CCOC(=O)C1=C(CN2CCN3C(=O)N(CC4CC4)CC3C2C(=O)OC)CCCC(c2nccs2)=NC1c1cccc(F)c1Cl. The molecule has 6 rings (SSSR count). The smallest absolute Gasteiger partial charge is 0.336 e. The summed E-state index contributed by atoms with van der Waals surface area (Å²) >= 11 is 7.99. The van der Waals surface area contributed by atoms with Gasteiger partial charge in [-0.3, -0.25) is 14.7 Å². The number of rotatable bonds is 9. The van der Waals surface area contributed by atoms with Gasteiger partial charge in [0.05, 0.1) is 36.1 Å². The monoisotopic (exact) mass is 657 g/mol. The summed E-state index contributed by atoms with van der Waals surface area (Å²) in [5.41, 5.74) is 2.07. The molecule has 0 bridgehead atoms. The van der Waals surface area contributed by atoms with E-state index in [2.05, 4.69) is 4.98 Å². The molecule has 3 atom stereocenters. The van der Waals surface area contributed by atoms with Gasteiger partial charge in [0.25, 0.3) is 0 Å². The van der Waals surface area contributed by atoms with Crippen molar-refractivity contribution < 1.29 is 28.2 Å². The molecule has 1 aromatic carbocycles. The van der Waals surface area contributed by atoms with Gasteiger partial charge >= 0.3 is 18.0 Å². The lowest BCUT2D eigenvalue weighted by Crippen LogP contribution is -2.62. The van der Waals surface area contributed by atoms with Crippen molar-refractivity contribution in [2.45, 2.75) is 57.2 Å². The summed E-state index contributed by atoms with van der Waals surface area (Å²) in [6.45, 7) is 4.12. The number of aliphatic imine (C=N–C) groups is 1. The summed E-state index contributed by atoms with van der Waals surface area (Å²) in [5, 5.41) is 2.47. The fraction of sp³-hybridized carbons (Fsp3) is 0.531. The maximum atomic E-state index is 14.9. The number of aromatic nitrogens is 1. The van der Waals surface area contributed by atoms with Gasteiger partial charge in [0.2, 0.25) is 0 Å². The molecule has 4 heterocycles. The number of hydrogen-bond donors (Lipinski definition) is 0. The molecular formula is C32H37ClFN5O5S. The first kappa shape index (κ1) is 31.6. The lowest BCUT2D eigenvalue weighted by atomic mass is 9.89. The third-order valence-electron chi connectivity index (χ3n) is 9.00. The molecule has 1 aliphatic carbocycles. The van der Waals surface area contributed by atoms with Crippen LogP contribution in [0.4, 0.5) is 9.18 Å². The Kier molecular flexibility index (Phi) is 9.53. The molecule has 2 saturated heterocycles. The average Bonchev–Trinajstić information content (AvgIpc) is 3.55. The quantitative estimate of drug-likeness (QED) is 0.354. The third kappa shape index (κ3) is 6.50. The first-order chi connectivity index (χ1) is 21.8. The minimum absolute atomic E-state index is 0.0392. The minimum Gasteiger partial charge on any atom is -0.468 e. The van der Waals surface area contributed by atoms with Crippen molar-refractivity contribution in [1.29, 1.82) is 0 Å². The van der Waals surface area contributed by atoms with Crippen LogP contribution in [0.5, 0.6) is 0 Å². The zero-order valence-corrected chi connectivity index (χ0v) is 27.0. The predicted molar refractivity (Wildman–Crippen MR) is 168 cm³/mol. The standard InChI is InChI=1S/C32H37ClFN5O5S/c1-3-44-30(40)25-20(6-4-9-23(29-35-12-15-45-29)36-27(25)21-7-5-8-22(34)26(21)33)17-37-13-14-39-24(28(37)31(41)43-2)18-38(32(39)42)16-19-10-11-19/h5,7-8,12,15,19,24,27-28H,3-4,6,9-11,13-14,16-18H2,1-2H3. The summed E-state index contributed by atoms with van der Waals surface area (Å²) in [7, 11) is 1.36. The van der Waals surface area contributed by atoms with Crippen molar-refractivity contribution >= 4 is 46.6 Å².